The van der Waals surface area contributed by atoms with Crippen molar-refractivity contribution < 1.29 is 0 Å². The van der Waals surface area contributed by atoms with Crippen molar-refractivity contribution >= 4 is 11.8 Å². The molecule has 26 heavy (non-hydrogen) atoms. The van der Waals surface area contributed by atoms with Gasteiger partial charge in [-0.3, -0.25) is 0 Å². The van der Waals surface area contributed by atoms with Crippen molar-refractivity contribution in [3.05, 3.63) is 48.2 Å². The molecule has 3 heterocycles. The second-order valence-electron chi connectivity index (χ2n) is 7.90. The van der Waals surface area contributed by atoms with Gasteiger partial charge in [-0.05, 0) is 48.8 Å². The molecule has 138 valence electrons. The van der Waals surface area contributed by atoms with Gasteiger partial charge in [-0.15, -0.1) is 0 Å². The number of aromatic nitrogens is 2. The summed E-state index contributed by atoms with van der Waals surface area (Å²) in [5.74, 6) is 1.98. The fourth-order valence-electron chi connectivity index (χ4n) is 4.80. The number of rotatable bonds is 3. The van der Waals surface area contributed by atoms with Gasteiger partial charge in [0.05, 0.1) is 0 Å². The van der Waals surface area contributed by atoms with Gasteiger partial charge < -0.3 is 15.5 Å². The van der Waals surface area contributed by atoms with Gasteiger partial charge in [-0.2, -0.15) is 4.98 Å². The normalized spacial score (nSPS) is 23.3. The third-order valence-electron chi connectivity index (χ3n) is 6.24. The zero-order chi connectivity index (χ0) is 18.0. The minimum Gasteiger partial charge on any atom is -0.368 e. The molecule has 2 N–H and O–H groups in total. The van der Waals surface area contributed by atoms with Gasteiger partial charge in [0.2, 0.25) is 5.95 Å². The van der Waals surface area contributed by atoms with Crippen LogP contribution in [0.2, 0.25) is 0 Å². The number of anilines is 2. The summed E-state index contributed by atoms with van der Waals surface area (Å²) in [6, 6.07) is 13.0. The Balaban J connectivity index is 1.49. The number of nitrogen functional groups attached to an aromatic ring is 1. The van der Waals surface area contributed by atoms with Crippen LogP contribution in [0.4, 0.5) is 11.8 Å². The first-order valence-corrected chi connectivity index (χ1v) is 9.78. The van der Waals surface area contributed by atoms with Gasteiger partial charge in [0.1, 0.15) is 5.82 Å². The van der Waals surface area contributed by atoms with Crippen molar-refractivity contribution in [3.8, 4) is 0 Å². The van der Waals surface area contributed by atoms with E-state index in [0.717, 1.165) is 25.5 Å². The van der Waals surface area contributed by atoms with E-state index in [-0.39, 0.29) is 0 Å². The first-order valence-electron chi connectivity index (χ1n) is 9.78. The Morgan fingerprint density at radius 1 is 1.15 bits per heavy atom. The van der Waals surface area contributed by atoms with Crippen LogP contribution in [0, 0.1) is 5.41 Å². The lowest BCUT2D eigenvalue weighted by Gasteiger charge is -2.50. The molecule has 4 rings (SSSR count). The molecule has 2 fully saturated rings. The van der Waals surface area contributed by atoms with Crippen LogP contribution in [0.15, 0.2) is 42.6 Å². The standard InChI is InChI=1S/C21H29N5/c1-2-25-15-18(17-6-4-3-5-7-17)14-21(16-25)9-12-26(13-10-21)19-8-11-23-20(22)24-19/h3-8,11,18H,2,9-10,12-16H2,1H3,(H2,22,23,24). The number of hydrogen-bond acceptors (Lipinski definition) is 5. The Morgan fingerprint density at radius 3 is 2.62 bits per heavy atom. The molecule has 1 spiro atoms. The first-order chi connectivity index (χ1) is 12.7. The maximum atomic E-state index is 5.76. The van der Waals surface area contributed by atoms with Crippen LogP contribution in [0.3, 0.4) is 0 Å². The molecule has 1 atom stereocenters. The number of benzene rings is 1. The lowest BCUT2D eigenvalue weighted by Crippen LogP contribution is -2.51. The minimum atomic E-state index is 0.363. The van der Waals surface area contributed by atoms with Crippen molar-refractivity contribution in [3.63, 3.8) is 0 Å². The first kappa shape index (κ1) is 17.3. The molecule has 2 aliphatic rings. The minimum absolute atomic E-state index is 0.363. The van der Waals surface area contributed by atoms with E-state index < -0.39 is 0 Å². The summed E-state index contributed by atoms with van der Waals surface area (Å²) >= 11 is 0. The van der Waals surface area contributed by atoms with E-state index in [1.54, 1.807) is 6.20 Å². The Labute approximate surface area is 156 Å². The molecular weight excluding hydrogens is 322 g/mol. The summed E-state index contributed by atoms with van der Waals surface area (Å²) in [6.07, 6.45) is 5.49. The summed E-state index contributed by atoms with van der Waals surface area (Å²) in [5, 5.41) is 0. The molecule has 2 aliphatic heterocycles. The highest BCUT2D eigenvalue weighted by Crippen LogP contribution is 2.45. The quantitative estimate of drug-likeness (QED) is 0.920. The molecule has 1 aromatic heterocycles. The molecule has 1 unspecified atom stereocenters. The van der Waals surface area contributed by atoms with Crippen LogP contribution in [0.1, 0.15) is 37.7 Å². The Kier molecular flexibility index (Phi) is 4.81. The highest BCUT2D eigenvalue weighted by molar-refractivity contribution is 5.41. The van der Waals surface area contributed by atoms with E-state index in [0.29, 0.717) is 17.3 Å². The number of piperidine rings is 2. The van der Waals surface area contributed by atoms with Crippen molar-refractivity contribution in [1.29, 1.82) is 0 Å². The number of likely N-dealkylation sites (tertiary alicyclic amines) is 1. The third kappa shape index (κ3) is 3.54. The largest absolute Gasteiger partial charge is 0.368 e. The van der Waals surface area contributed by atoms with Crippen LogP contribution in [0.25, 0.3) is 0 Å². The predicted molar refractivity (Wildman–Crippen MR) is 106 cm³/mol. The molecule has 0 radical (unpaired) electrons. The van der Waals surface area contributed by atoms with Gasteiger partial charge in [0.25, 0.3) is 0 Å². The van der Waals surface area contributed by atoms with E-state index in [2.05, 4.69) is 57.0 Å². The van der Waals surface area contributed by atoms with Crippen LogP contribution in [0.5, 0.6) is 0 Å². The lowest BCUT2D eigenvalue weighted by molar-refractivity contribution is 0.0543. The molecule has 5 nitrogen and oxygen atoms in total. The average Bonchev–Trinajstić information content (AvgIpc) is 2.69. The second-order valence-corrected chi connectivity index (χ2v) is 7.90. The van der Waals surface area contributed by atoms with E-state index in [1.807, 2.05) is 6.07 Å². The second kappa shape index (κ2) is 7.23. The van der Waals surface area contributed by atoms with E-state index in [1.165, 1.54) is 37.9 Å². The van der Waals surface area contributed by atoms with Gasteiger partial charge in [0.15, 0.2) is 0 Å². The molecule has 5 heteroatoms. The molecule has 0 amide bonds. The number of nitrogens with zero attached hydrogens (tertiary/aromatic N) is 4. The zero-order valence-electron chi connectivity index (χ0n) is 15.6. The highest BCUT2D eigenvalue weighted by Gasteiger charge is 2.42. The number of likely N-dealkylation sites (N-methyl/N-ethyl adjacent to an activating group) is 1. The summed E-state index contributed by atoms with van der Waals surface area (Å²) < 4.78 is 0. The van der Waals surface area contributed by atoms with Crippen molar-refractivity contribution in [2.45, 2.75) is 32.1 Å². The summed E-state index contributed by atoms with van der Waals surface area (Å²) in [5.41, 5.74) is 7.68. The third-order valence-corrected chi connectivity index (χ3v) is 6.24. The SMILES string of the molecule is CCN1CC(c2ccccc2)CC2(CCN(c3ccnc(N)n3)CC2)C1. The van der Waals surface area contributed by atoms with Crippen LogP contribution in [-0.4, -0.2) is 47.6 Å². The van der Waals surface area contributed by atoms with Crippen molar-refractivity contribution in [2.24, 2.45) is 5.41 Å². The van der Waals surface area contributed by atoms with Crippen molar-refractivity contribution in [2.75, 3.05) is 43.4 Å². The van der Waals surface area contributed by atoms with E-state index >= 15 is 0 Å². The van der Waals surface area contributed by atoms with Crippen LogP contribution in [-0.2, 0) is 0 Å². The predicted octanol–water partition coefficient (Wildman–Crippen LogP) is 3.15. The topological polar surface area (TPSA) is 58.3 Å². The molecule has 2 saturated heterocycles. The van der Waals surface area contributed by atoms with Crippen LogP contribution >= 0.6 is 0 Å². The number of nitrogens with two attached hydrogens (primary N) is 1. The van der Waals surface area contributed by atoms with Crippen LogP contribution < -0.4 is 10.6 Å². The zero-order valence-corrected chi connectivity index (χ0v) is 15.6. The molecule has 0 bridgehead atoms. The molecule has 0 aliphatic carbocycles. The number of hydrogen-bond donors (Lipinski definition) is 1. The maximum absolute atomic E-state index is 5.76. The fraction of sp³-hybridized carbons (Fsp3) is 0.524. The Bertz CT molecular complexity index is 724. The molecular formula is C21H29N5. The fourth-order valence-corrected chi connectivity index (χ4v) is 4.80. The van der Waals surface area contributed by atoms with Gasteiger partial charge in [-0.1, -0.05) is 37.3 Å². The molecule has 0 saturated carbocycles. The molecule has 1 aromatic carbocycles. The van der Waals surface area contributed by atoms with Gasteiger partial charge >= 0.3 is 0 Å². The van der Waals surface area contributed by atoms with Gasteiger partial charge in [-0.25, -0.2) is 4.98 Å². The maximum Gasteiger partial charge on any atom is 0.221 e. The van der Waals surface area contributed by atoms with Crippen molar-refractivity contribution in [1.82, 2.24) is 14.9 Å². The van der Waals surface area contributed by atoms with Gasteiger partial charge in [0, 0.05) is 32.4 Å². The lowest BCUT2D eigenvalue weighted by atomic mass is 9.68. The smallest absolute Gasteiger partial charge is 0.221 e. The van der Waals surface area contributed by atoms with E-state index in [4.69, 9.17) is 5.73 Å². The summed E-state index contributed by atoms with van der Waals surface area (Å²) in [6.45, 7) is 7.95. The van der Waals surface area contributed by atoms with E-state index in [9.17, 15) is 0 Å². The Hall–Kier alpha value is -2.14. The molecule has 2 aromatic rings. The summed E-state index contributed by atoms with van der Waals surface area (Å²) in [7, 11) is 0. The summed E-state index contributed by atoms with van der Waals surface area (Å²) in [4.78, 5) is 13.4. The highest BCUT2D eigenvalue weighted by atomic mass is 15.2. The Morgan fingerprint density at radius 2 is 1.92 bits per heavy atom. The monoisotopic (exact) mass is 351 g/mol. The average molecular weight is 351 g/mol.